The van der Waals surface area contributed by atoms with Gasteiger partial charge in [0.2, 0.25) is 10.0 Å². The lowest BCUT2D eigenvalue weighted by Gasteiger charge is -2.26. The summed E-state index contributed by atoms with van der Waals surface area (Å²) in [4.78, 5) is 6.91. The van der Waals surface area contributed by atoms with Crippen LogP contribution in [0.15, 0.2) is 4.99 Å². The Kier molecular flexibility index (Phi) is 11.5. The van der Waals surface area contributed by atoms with Gasteiger partial charge in [-0.2, -0.15) is 4.31 Å². The monoisotopic (exact) mass is 516 g/mol. The fourth-order valence-electron chi connectivity index (χ4n) is 3.97. The van der Waals surface area contributed by atoms with Crippen LogP contribution in [-0.4, -0.2) is 81.8 Å². The highest BCUT2D eigenvalue weighted by Gasteiger charge is 2.29. The van der Waals surface area contributed by atoms with E-state index in [1.807, 2.05) is 0 Å². The largest absolute Gasteiger partial charge is 0.379 e. The van der Waals surface area contributed by atoms with E-state index in [0.717, 1.165) is 31.5 Å². The van der Waals surface area contributed by atoms with E-state index in [-0.39, 0.29) is 29.7 Å². The maximum absolute atomic E-state index is 12.4. The molecule has 0 bridgehead atoms. The molecule has 2 saturated heterocycles. The summed E-state index contributed by atoms with van der Waals surface area (Å²) >= 11 is 0. The third-order valence-corrected chi connectivity index (χ3v) is 7.40. The maximum Gasteiger partial charge on any atom is 0.216 e. The number of likely N-dealkylation sites (tertiary alicyclic amines) is 1. The molecule has 0 saturated carbocycles. The van der Waals surface area contributed by atoms with Gasteiger partial charge in [-0.05, 0) is 25.2 Å². The number of hydrogen-bond donors (Lipinski definition) is 1. The van der Waals surface area contributed by atoms with Gasteiger partial charge in [0.15, 0.2) is 5.96 Å². The summed E-state index contributed by atoms with van der Waals surface area (Å²) in [5, 5.41) is 3.33. The van der Waals surface area contributed by atoms with E-state index in [2.05, 4.69) is 36.0 Å². The zero-order chi connectivity index (χ0) is 19.0. The van der Waals surface area contributed by atoms with Crippen LogP contribution in [-0.2, 0) is 14.8 Å². The molecule has 2 fully saturated rings. The van der Waals surface area contributed by atoms with Crippen molar-refractivity contribution in [3.63, 3.8) is 0 Å². The smallest absolute Gasteiger partial charge is 0.216 e. The Morgan fingerprint density at radius 3 is 2.44 bits per heavy atom. The van der Waals surface area contributed by atoms with Crippen molar-refractivity contribution in [1.29, 1.82) is 0 Å². The highest BCUT2D eigenvalue weighted by Crippen LogP contribution is 2.28. The van der Waals surface area contributed by atoms with Crippen molar-refractivity contribution in [1.82, 2.24) is 14.5 Å². The van der Waals surface area contributed by atoms with Crippen LogP contribution in [0, 0.1) is 11.8 Å². The summed E-state index contributed by atoms with van der Waals surface area (Å²) in [5.74, 6) is 2.40. The molecular formula is C18H37IN4O3S. The van der Waals surface area contributed by atoms with E-state index in [0.29, 0.717) is 38.8 Å². The van der Waals surface area contributed by atoms with Gasteiger partial charge in [-0.25, -0.2) is 8.42 Å². The standard InChI is InChI=1S/C18H36N4O3S.HI/c1-4-16(5-2)17-7-9-21(15-17)18(19-6-3)20-8-14-26(23,24)22-10-12-25-13-11-22;/h16-17H,4-15H2,1-3H3,(H,19,20);1H. The molecule has 160 valence electrons. The van der Waals surface area contributed by atoms with E-state index in [1.165, 1.54) is 23.6 Å². The van der Waals surface area contributed by atoms with E-state index < -0.39 is 10.0 Å². The first-order chi connectivity index (χ1) is 12.5. The van der Waals surface area contributed by atoms with Gasteiger partial charge in [0.05, 0.1) is 25.5 Å². The van der Waals surface area contributed by atoms with E-state index in [9.17, 15) is 8.42 Å². The fourth-order valence-corrected chi connectivity index (χ4v) is 5.25. The maximum atomic E-state index is 12.4. The molecule has 2 aliphatic rings. The lowest BCUT2D eigenvalue weighted by atomic mass is 9.87. The molecule has 0 aromatic heterocycles. The van der Waals surface area contributed by atoms with Crippen molar-refractivity contribution in [3.8, 4) is 0 Å². The van der Waals surface area contributed by atoms with E-state index >= 15 is 0 Å². The van der Waals surface area contributed by atoms with Gasteiger partial charge >= 0.3 is 0 Å². The van der Waals surface area contributed by atoms with Gasteiger partial charge in [0.1, 0.15) is 0 Å². The predicted molar refractivity (Wildman–Crippen MR) is 121 cm³/mol. The minimum absolute atomic E-state index is 0. The van der Waals surface area contributed by atoms with Crippen LogP contribution in [0.3, 0.4) is 0 Å². The Labute approximate surface area is 182 Å². The number of hydrogen-bond acceptors (Lipinski definition) is 4. The lowest BCUT2D eigenvalue weighted by Crippen LogP contribution is -2.43. The van der Waals surface area contributed by atoms with E-state index in [4.69, 9.17) is 4.74 Å². The summed E-state index contributed by atoms with van der Waals surface area (Å²) in [6.45, 7) is 11.6. The molecule has 2 heterocycles. The molecule has 1 N–H and O–H groups in total. The van der Waals surface area contributed by atoms with Crippen LogP contribution in [0.5, 0.6) is 0 Å². The number of halogens is 1. The summed E-state index contributed by atoms with van der Waals surface area (Å²) in [6, 6.07) is 0. The number of aliphatic imine (C=N–C) groups is 1. The molecule has 2 rings (SSSR count). The normalized spacial score (nSPS) is 22.1. The topological polar surface area (TPSA) is 74.2 Å². The highest BCUT2D eigenvalue weighted by atomic mass is 127. The summed E-state index contributed by atoms with van der Waals surface area (Å²) in [7, 11) is -3.25. The first-order valence-electron chi connectivity index (χ1n) is 10.1. The minimum atomic E-state index is -3.25. The Morgan fingerprint density at radius 2 is 1.85 bits per heavy atom. The van der Waals surface area contributed by atoms with Crippen molar-refractivity contribution in [2.75, 3.05) is 58.2 Å². The van der Waals surface area contributed by atoms with Crippen LogP contribution in [0.2, 0.25) is 0 Å². The number of rotatable bonds is 8. The zero-order valence-electron chi connectivity index (χ0n) is 17.0. The molecule has 0 aromatic rings. The van der Waals surface area contributed by atoms with Gasteiger partial charge in [-0.15, -0.1) is 24.0 Å². The summed E-state index contributed by atoms with van der Waals surface area (Å²) in [5.41, 5.74) is 0. The van der Waals surface area contributed by atoms with Crippen molar-refractivity contribution in [3.05, 3.63) is 0 Å². The van der Waals surface area contributed by atoms with Gasteiger partial charge in [0, 0.05) is 32.7 Å². The molecule has 7 nitrogen and oxygen atoms in total. The molecule has 0 amide bonds. The van der Waals surface area contributed by atoms with Crippen LogP contribution in [0.25, 0.3) is 0 Å². The number of guanidine groups is 1. The first kappa shape index (κ1) is 24.9. The fraction of sp³-hybridized carbons (Fsp3) is 0.944. The van der Waals surface area contributed by atoms with Gasteiger partial charge in [-0.3, -0.25) is 4.99 Å². The van der Waals surface area contributed by atoms with Crippen molar-refractivity contribution in [2.45, 2.75) is 40.0 Å². The van der Waals surface area contributed by atoms with Crippen molar-refractivity contribution in [2.24, 2.45) is 16.8 Å². The number of sulfonamides is 1. The number of nitrogens with one attached hydrogen (secondary N) is 1. The molecule has 9 heteroatoms. The van der Waals surface area contributed by atoms with Crippen LogP contribution < -0.4 is 5.32 Å². The van der Waals surface area contributed by atoms with Crippen LogP contribution in [0.4, 0.5) is 0 Å². The summed E-state index contributed by atoms with van der Waals surface area (Å²) < 4.78 is 31.6. The molecule has 1 unspecified atom stereocenters. The quantitative estimate of drug-likeness (QED) is 0.304. The lowest BCUT2D eigenvalue weighted by molar-refractivity contribution is 0.0731. The first-order valence-corrected chi connectivity index (χ1v) is 11.7. The highest BCUT2D eigenvalue weighted by molar-refractivity contribution is 14.0. The SMILES string of the molecule is CCNC(=NCCS(=O)(=O)N1CCOCC1)N1CCC(C(CC)CC)C1.I. The Bertz CT molecular complexity index is 549. The predicted octanol–water partition coefficient (Wildman–Crippen LogP) is 1.99. The average Bonchev–Trinajstić information content (AvgIpc) is 3.12. The molecule has 2 aliphatic heterocycles. The van der Waals surface area contributed by atoms with Crippen LogP contribution in [0.1, 0.15) is 40.0 Å². The molecular weight excluding hydrogens is 479 g/mol. The number of nitrogens with zero attached hydrogens (tertiary/aromatic N) is 3. The Balaban J connectivity index is 0.00000364. The third kappa shape index (κ3) is 7.32. The zero-order valence-corrected chi connectivity index (χ0v) is 20.2. The Morgan fingerprint density at radius 1 is 1.19 bits per heavy atom. The van der Waals surface area contributed by atoms with Crippen LogP contribution >= 0.6 is 24.0 Å². The van der Waals surface area contributed by atoms with Crippen molar-refractivity contribution < 1.29 is 13.2 Å². The second-order valence-electron chi connectivity index (χ2n) is 7.13. The third-order valence-electron chi connectivity index (χ3n) is 5.55. The second-order valence-corrected chi connectivity index (χ2v) is 9.22. The van der Waals surface area contributed by atoms with Gasteiger partial charge < -0.3 is 15.0 Å². The number of ether oxygens (including phenoxy) is 1. The second kappa shape index (κ2) is 12.4. The minimum Gasteiger partial charge on any atom is -0.379 e. The summed E-state index contributed by atoms with van der Waals surface area (Å²) in [6.07, 6.45) is 3.64. The molecule has 0 spiro atoms. The molecule has 0 aromatic carbocycles. The molecule has 27 heavy (non-hydrogen) atoms. The molecule has 0 radical (unpaired) electrons. The molecule has 1 atom stereocenters. The van der Waals surface area contributed by atoms with Gasteiger partial charge in [0.25, 0.3) is 0 Å². The Hall–Kier alpha value is -0.130. The number of morpholine rings is 1. The van der Waals surface area contributed by atoms with Crippen molar-refractivity contribution >= 4 is 40.0 Å². The molecule has 0 aliphatic carbocycles. The average molecular weight is 516 g/mol. The van der Waals surface area contributed by atoms with Gasteiger partial charge in [-0.1, -0.05) is 26.7 Å². The van der Waals surface area contributed by atoms with E-state index in [1.54, 1.807) is 0 Å².